The Labute approximate surface area is 605 Å². The number of hydrogen-bond acceptors (Lipinski definition) is 0. The number of rotatable bonds is 15. The van der Waals surface area contributed by atoms with E-state index in [0.717, 1.165) is 53.3 Å². The molecule has 0 amide bonds. The molecule has 9 heteroatoms. The molecule has 0 heterocycles. The first-order valence-electron chi connectivity index (χ1n) is 34.9. The molecule has 9 aromatic rings. The van der Waals surface area contributed by atoms with Gasteiger partial charge in [0.15, 0.2) is 0 Å². The Kier molecular flexibility index (Phi) is 23.1. The van der Waals surface area contributed by atoms with Gasteiger partial charge in [-0.1, -0.05) is 257 Å². The summed E-state index contributed by atoms with van der Waals surface area (Å²) in [5.41, 5.74) is 0.885. The van der Waals surface area contributed by atoms with E-state index in [9.17, 15) is 0 Å². The molecule has 0 unspecified atom stereocenters. The summed E-state index contributed by atoms with van der Waals surface area (Å²) >= 11 is 0. The van der Waals surface area contributed by atoms with E-state index in [2.05, 4.69) is 273 Å². The van der Waals surface area contributed by atoms with Crippen LogP contribution in [-0.4, -0.2) is 16.6 Å². The van der Waals surface area contributed by atoms with Gasteiger partial charge in [-0.05, 0) is 223 Å². The maximum atomic E-state index is 5.71. The molecule has 487 valence electrons. The third-order valence-electron chi connectivity index (χ3n) is 22.4. The maximum Gasteiger partial charge on any atom is 2.00 e. The van der Waals surface area contributed by atoms with Crippen LogP contribution in [0.5, 0.6) is 0 Å². The third kappa shape index (κ3) is 16.5. The first-order chi connectivity index (χ1) is 44.8. The van der Waals surface area contributed by atoms with Crippen molar-refractivity contribution in [3.8, 4) is 0 Å². The standard InChI is InChI=1S/2C22H26NP.C22H25NP.C18H15P.Lu.Pd/c3*1-3-7-20(8-4-1)24(21-9-5-2-6-10-21)23-22-14-17-11-18(15-22)13-19(12-17)16-22;1-4-10-16(11-5-1)19(17-12-6-2-7-13-17)18-14-8-3-9-15-18;;/h2*1-10,17-19,24H,11-16H2;1-10,17-19H,11-16H2;1-15H;;/q;;-1;;;+2/p+1. The third-order valence-corrected chi connectivity index (χ3v) is 32.3. The molecule has 0 aliphatic heterocycles. The molecule has 12 aliphatic rings. The molecular formula is C84H93LuN3P4Pd+2. The summed E-state index contributed by atoms with van der Waals surface area (Å²) in [6.45, 7) is 0. The van der Waals surface area contributed by atoms with Crippen molar-refractivity contribution in [3.63, 3.8) is 0 Å². The normalized spacial score (nSPS) is 28.5. The molecule has 0 spiro atoms. The van der Waals surface area contributed by atoms with Crippen LogP contribution >= 0.6 is 32.1 Å². The minimum atomic E-state index is -1.04. The van der Waals surface area contributed by atoms with Crippen LogP contribution < -0.4 is 47.7 Å². The zero-order chi connectivity index (χ0) is 60.9. The van der Waals surface area contributed by atoms with E-state index in [-0.39, 0.29) is 62.8 Å². The molecule has 1 radical (unpaired) electrons. The molecule has 12 aliphatic carbocycles. The van der Waals surface area contributed by atoms with Crippen molar-refractivity contribution in [2.24, 2.45) is 53.3 Å². The minimum absolute atomic E-state index is 0. The van der Waals surface area contributed by atoms with Gasteiger partial charge in [-0.25, -0.2) is 0 Å². The Morgan fingerprint density at radius 1 is 0.247 bits per heavy atom. The van der Waals surface area contributed by atoms with E-state index in [0.29, 0.717) is 11.1 Å². The van der Waals surface area contributed by atoms with Crippen molar-refractivity contribution >= 4 is 79.9 Å². The molecule has 12 bridgehead atoms. The van der Waals surface area contributed by atoms with Crippen LogP contribution in [0.2, 0.25) is 0 Å². The second-order valence-electron chi connectivity index (χ2n) is 29.4. The fourth-order valence-electron chi connectivity index (χ4n) is 20.0. The Bertz CT molecular complexity index is 3100. The summed E-state index contributed by atoms with van der Waals surface area (Å²) in [5.74, 6) is 8.69. The fourth-order valence-corrected chi connectivity index (χ4v) is 29.4. The number of nitrogens with zero attached hydrogens (tertiary/aromatic N) is 3. The van der Waals surface area contributed by atoms with Gasteiger partial charge in [-0.3, -0.25) is 0 Å². The first kappa shape index (κ1) is 68.0. The molecule has 9 aromatic carbocycles. The summed E-state index contributed by atoms with van der Waals surface area (Å²) in [7, 11) is -3.53. The summed E-state index contributed by atoms with van der Waals surface area (Å²) in [4.78, 5) is 0. The SMILES string of the molecule is [Lu].[Pd+2].c1ccc(P([N-]C23CC4CC(CC(C4)C2)C3)c2ccccc2)cc1.c1ccc([PH+]([N-]C23CC4CC(CC(C4)C2)C3)c2ccccc2)cc1.c1ccc([PH+]([N-]C23CC4CC(CC(C4)C2)C3)c2ccccc2)cc1.c1ccc([PH+](c2ccccc2)c2ccccc2)cc1. The van der Waals surface area contributed by atoms with E-state index in [4.69, 9.17) is 15.3 Å². The second kappa shape index (κ2) is 31.6. The van der Waals surface area contributed by atoms with E-state index >= 15 is 0 Å². The first-order valence-corrected chi connectivity index (χ1v) is 40.6. The molecule has 93 heavy (non-hydrogen) atoms. The number of hydrogen-bond donors (Lipinski definition) is 0. The van der Waals surface area contributed by atoms with Gasteiger partial charge in [0.2, 0.25) is 0 Å². The molecule has 12 fully saturated rings. The molecule has 21 rings (SSSR count). The largest absolute Gasteiger partial charge is 2.00 e. The summed E-state index contributed by atoms with van der Waals surface area (Å²) < 4.78 is 0. The maximum absolute atomic E-state index is 5.71. The predicted octanol–water partition coefficient (Wildman–Crippen LogP) is 18.8. The topological polar surface area (TPSA) is 42.3 Å². The van der Waals surface area contributed by atoms with Crippen LogP contribution in [0.4, 0.5) is 0 Å². The van der Waals surface area contributed by atoms with Gasteiger partial charge in [0.1, 0.15) is 15.9 Å². The van der Waals surface area contributed by atoms with Crippen molar-refractivity contribution in [2.75, 3.05) is 0 Å². The van der Waals surface area contributed by atoms with Gasteiger partial charge in [-0.15, -0.1) is 5.54 Å². The van der Waals surface area contributed by atoms with Crippen LogP contribution in [0.3, 0.4) is 0 Å². The zero-order valence-electron chi connectivity index (χ0n) is 53.8. The summed E-state index contributed by atoms with van der Waals surface area (Å²) in [5, 5.41) is 30.0. The predicted molar refractivity (Wildman–Crippen MR) is 399 cm³/mol. The van der Waals surface area contributed by atoms with Crippen molar-refractivity contribution in [3.05, 3.63) is 288 Å². The average Bonchev–Trinajstić information content (AvgIpc) is 0.817. The summed E-state index contributed by atoms with van der Waals surface area (Å²) in [6, 6.07) is 98.8. The van der Waals surface area contributed by atoms with Gasteiger partial charge < -0.3 is 15.3 Å². The van der Waals surface area contributed by atoms with Crippen LogP contribution in [0.15, 0.2) is 273 Å². The van der Waals surface area contributed by atoms with Crippen molar-refractivity contribution < 1.29 is 57.3 Å². The molecule has 0 aromatic heterocycles. The fraction of sp³-hybridized carbons (Fsp3) is 0.357. The monoisotopic (exact) mass is 1550 g/mol. The molecule has 12 saturated carbocycles. The Morgan fingerprint density at radius 3 is 0.645 bits per heavy atom. The van der Waals surface area contributed by atoms with Gasteiger partial charge >= 0.3 is 20.4 Å². The van der Waals surface area contributed by atoms with Crippen LogP contribution in [0, 0.1) is 90.1 Å². The van der Waals surface area contributed by atoms with E-state index in [1.807, 2.05) is 0 Å². The average molecular weight is 1550 g/mol. The molecule has 0 atom stereocenters. The Hall–Kier alpha value is -3.52. The van der Waals surface area contributed by atoms with Gasteiger partial charge in [0.05, 0.1) is 29.1 Å². The smallest absolute Gasteiger partial charge is 0.623 e. The van der Waals surface area contributed by atoms with Crippen molar-refractivity contribution in [2.45, 2.75) is 132 Å². The molecular weight excluding hydrogens is 1460 g/mol. The molecule has 0 saturated heterocycles. The van der Waals surface area contributed by atoms with Gasteiger partial charge in [0.25, 0.3) is 0 Å². The molecule has 0 N–H and O–H groups in total. The summed E-state index contributed by atoms with van der Waals surface area (Å²) in [6.07, 6.45) is 25.7. The van der Waals surface area contributed by atoms with Crippen LogP contribution in [0.1, 0.15) is 116 Å². The minimum Gasteiger partial charge on any atom is -0.623 e. The van der Waals surface area contributed by atoms with Crippen LogP contribution in [0.25, 0.3) is 15.3 Å². The quantitative estimate of drug-likeness (QED) is 0.0725. The number of benzene rings is 9. The van der Waals surface area contributed by atoms with Crippen molar-refractivity contribution in [1.29, 1.82) is 0 Å². The van der Waals surface area contributed by atoms with E-state index in [1.54, 1.807) is 0 Å². The van der Waals surface area contributed by atoms with E-state index < -0.39 is 32.1 Å². The van der Waals surface area contributed by atoms with Crippen LogP contribution in [-0.2, 0) is 20.4 Å². The van der Waals surface area contributed by atoms with E-state index in [1.165, 1.54) is 163 Å². The second-order valence-corrected chi connectivity index (χ2v) is 37.9. The van der Waals surface area contributed by atoms with Crippen molar-refractivity contribution in [1.82, 2.24) is 0 Å². The Balaban J connectivity index is 0.000000113. The molecule has 3 nitrogen and oxygen atoms in total. The van der Waals surface area contributed by atoms with Gasteiger partial charge in [0, 0.05) is 36.9 Å². The zero-order valence-corrected chi connectivity index (χ0v) is 60.9. The van der Waals surface area contributed by atoms with Gasteiger partial charge in [-0.2, -0.15) is 8.07 Å². The Morgan fingerprint density at radius 2 is 0.430 bits per heavy atom.